The van der Waals surface area contributed by atoms with Crippen molar-refractivity contribution < 1.29 is 19.2 Å². The number of hydrogen-bond acceptors (Lipinski definition) is 6. The second kappa shape index (κ2) is 9.33. The molecule has 0 atom stereocenters. The van der Waals surface area contributed by atoms with Gasteiger partial charge in [-0.15, -0.1) is 11.8 Å². The molecular formula is C20H20N4O4S. The number of rotatable bonds is 8. The van der Waals surface area contributed by atoms with Crippen molar-refractivity contribution in [2.24, 2.45) is 0 Å². The molecule has 3 rings (SSSR count). The molecule has 1 aromatic carbocycles. The van der Waals surface area contributed by atoms with Crippen molar-refractivity contribution in [3.63, 3.8) is 0 Å². The minimum Gasteiger partial charge on any atom is -0.354 e. The normalized spacial score (nSPS) is 12.9. The number of aromatic nitrogens is 2. The molecule has 0 spiro atoms. The van der Waals surface area contributed by atoms with Gasteiger partial charge in [0.2, 0.25) is 17.5 Å². The lowest BCUT2D eigenvalue weighted by atomic mass is 9.99. The second-order valence-electron chi connectivity index (χ2n) is 6.32. The number of H-pyrrole nitrogens is 1. The highest BCUT2D eigenvalue weighted by Crippen LogP contribution is 2.30. The second-order valence-corrected chi connectivity index (χ2v) is 7.46. The maximum Gasteiger partial charge on any atom is 0.269 e. The van der Waals surface area contributed by atoms with Crippen LogP contribution in [-0.4, -0.2) is 46.4 Å². The van der Waals surface area contributed by atoms with Gasteiger partial charge >= 0.3 is 0 Å². The molecule has 0 bridgehead atoms. The highest BCUT2D eigenvalue weighted by Gasteiger charge is 2.33. The molecule has 2 aromatic rings. The molecule has 0 aliphatic heterocycles. The lowest BCUT2D eigenvalue weighted by molar-refractivity contribution is -0.116. The standard InChI is InChI=1S/C20H20N4O4S/c1-21-20(28)18-16-17(23-24-18)13(25)11-14(19(16)27)29-10-6-5-9-15(26)22-12-7-3-2-4-8-12/h2-4,7-8,11H,5-6,9-10H2,1H3,(H,21,28)(H,22,26)(H,23,24). The summed E-state index contributed by atoms with van der Waals surface area (Å²) in [5, 5.41) is 11.5. The number of anilines is 1. The maximum absolute atomic E-state index is 12.7. The Kier molecular flexibility index (Phi) is 6.61. The Morgan fingerprint density at radius 3 is 2.62 bits per heavy atom. The maximum atomic E-state index is 12.7. The summed E-state index contributed by atoms with van der Waals surface area (Å²) in [6, 6.07) is 9.22. The summed E-state index contributed by atoms with van der Waals surface area (Å²) in [5.74, 6) is -0.793. The Morgan fingerprint density at radius 1 is 1.14 bits per heavy atom. The van der Waals surface area contributed by atoms with E-state index in [2.05, 4.69) is 20.8 Å². The first-order chi connectivity index (χ1) is 14.0. The summed E-state index contributed by atoms with van der Waals surface area (Å²) >= 11 is 1.25. The zero-order valence-corrected chi connectivity index (χ0v) is 16.6. The number of benzene rings is 1. The summed E-state index contributed by atoms with van der Waals surface area (Å²) in [6.07, 6.45) is 2.98. The molecule has 150 valence electrons. The van der Waals surface area contributed by atoms with Gasteiger partial charge in [-0.05, 0) is 30.7 Å². The van der Waals surface area contributed by atoms with Gasteiger partial charge in [-0.25, -0.2) is 0 Å². The average Bonchev–Trinajstić information content (AvgIpc) is 3.17. The zero-order valence-electron chi connectivity index (χ0n) is 15.8. The van der Waals surface area contributed by atoms with Crippen molar-refractivity contribution in [2.75, 3.05) is 18.1 Å². The van der Waals surface area contributed by atoms with E-state index < -0.39 is 17.5 Å². The number of carbonyl (C=O) groups is 4. The molecule has 1 aliphatic carbocycles. The van der Waals surface area contributed by atoms with Crippen molar-refractivity contribution in [3.05, 3.63) is 58.3 Å². The van der Waals surface area contributed by atoms with Gasteiger partial charge in [0, 0.05) is 25.2 Å². The molecule has 3 N–H and O–H groups in total. The fourth-order valence-corrected chi connectivity index (χ4v) is 3.82. The Balaban J connectivity index is 1.49. The lowest BCUT2D eigenvalue weighted by Crippen LogP contribution is -2.23. The number of nitrogens with zero attached hydrogens (tertiary/aromatic N) is 1. The minimum absolute atomic E-state index is 0.00960. The minimum atomic E-state index is -0.504. The van der Waals surface area contributed by atoms with Gasteiger partial charge in [0.15, 0.2) is 0 Å². The summed E-state index contributed by atoms with van der Waals surface area (Å²) in [7, 11) is 1.43. The van der Waals surface area contributed by atoms with Crippen molar-refractivity contribution in [1.29, 1.82) is 0 Å². The summed E-state index contributed by atoms with van der Waals surface area (Å²) in [5.41, 5.74) is 0.730. The molecule has 29 heavy (non-hydrogen) atoms. The smallest absolute Gasteiger partial charge is 0.269 e. The molecule has 0 radical (unpaired) electrons. The van der Waals surface area contributed by atoms with E-state index in [9.17, 15) is 19.2 Å². The summed E-state index contributed by atoms with van der Waals surface area (Å²) in [6.45, 7) is 0. The van der Waals surface area contributed by atoms with Crippen LogP contribution in [0.4, 0.5) is 5.69 Å². The molecule has 8 nitrogen and oxygen atoms in total. The molecule has 9 heteroatoms. The monoisotopic (exact) mass is 412 g/mol. The third kappa shape index (κ3) is 4.80. The van der Waals surface area contributed by atoms with Gasteiger partial charge in [-0.3, -0.25) is 24.3 Å². The van der Waals surface area contributed by atoms with E-state index in [0.29, 0.717) is 25.0 Å². The summed E-state index contributed by atoms with van der Waals surface area (Å²) < 4.78 is 0. The van der Waals surface area contributed by atoms with Crippen LogP contribution < -0.4 is 10.6 Å². The first kappa shape index (κ1) is 20.5. The first-order valence-electron chi connectivity index (χ1n) is 9.10. The van der Waals surface area contributed by atoms with E-state index in [4.69, 9.17) is 0 Å². The summed E-state index contributed by atoms with van der Waals surface area (Å²) in [4.78, 5) is 49.0. The molecule has 1 heterocycles. The van der Waals surface area contributed by atoms with E-state index in [1.165, 1.54) is 24.9 Å². The van der Waals surface area contributed by atoms with E-state index >= 15 is 0 Å². The lowest BCUT2D eigenvalue weighted by Gasteiger charge is -2.11. The molecule has 0 saturated carbocycles. The highest BCUT2D eigenvalue weighted by molar-refractivity contribution is 8.04. The number of Topliss-reactive ketones (excluding diaryl/α,β-unsaturated/α-hetero) is 1. The Bertz CT molecular complexity index is 982. The van der Waals surface area contributed by atoms with E-state index in [-0.39, 0.29) is 27.8 Å². The number of unbranched alkanes of at least 4 members (excludes halogenated alkanes) is 1. The van der Waals surface area contributed by atoms with Crippen LogP contribution in [0, 0.1) is 0 Å². The van der Waals surface area contributed by atoms with Crippen LogP contribution in [0.3, 0.4) is 0 Å². The van der Waals surface area contributed by atoms with Gasteiger partial charge in [-0.1, -0.05) is 18.2 Å². The number of amides is 2. The third-order valence-electron chi connectivity index (χ3n) is 4.28. The van der Waals surface area contributed by atoms with Crippen molar-refractivity contribution in [1.82, 2.24) is 15.5 Å². The number of hydrogen-bond donors (Lipinski definition) is 3. The third-order valence-corrected chi connectivity index (χ3v) is 5.39. The first-order valence-corrected chi connectivity index (χ1v) is 10.1. The Hall–Kier alpha value is -3.20. The van der Waals surface area contributed by atoms with Crippen LogP contribution in [0.25, 0.3) is 0 Å². The number of aromatic amines is 1. The number of thioether (sulfide) groups is 1. The topological polar surface area (TPSA) is 121 Å². The number of para-hydroxylation sites is 1. The fraction of sp³-hybridized carbons (Fsp3) is 0.250. The van der Waals surface area contributed by atoms with Crippen LogP contribution in [0.2, 0.25) is 0 Å². The Labute approximate surface area is 171 Å². The molecule has 0 fully saturated rings. The quantitative estimate of drug-likeness (QED) is 0.573. The van der Waals surface area contributed by atoms with Crippen molar-refractivity contribution >= 4 is 40.8 Å². The molecular weight excluding hydrogens is 392 g/mol. The fourth-order valence-electron chi connectivity index (χ4n) is 2.83. The van der Waals surface area contributed by atoms with Crippen LogP contribution in [-0.2, 0) is 4.79 Å². The average molecular weight is 412 g/mol. The zero-order chi connectivity index (χ0) is 20.8. The predicted molar refractivity (Wildman–Crippen MR) is 110 cm³/mol. The van der Waals surface area contributed by atoms with Gasteiger partial charge < -0.3 is 10.6 Å². The number of allylic oxidation sites excluding steroid dienone is 2. The number of nitrogens with one attached hydrogen (secondary N) is 3. The predicted octanol–water partition coefficient (Wildman–Crippen LogP) is 2.57. The highest BCUT2D eigenvalue weighted by atomic mass is 32.2. The molecule has 1 aliphatic rings. The van der Waals surface area contributed by atoms with Gasteiger partial charge in [-0.2, -0.15) is 5.10 Å². The molecule has 0 unspecified atom stereocenters. The van der Waals surface area contributed by atoms with E-state index in [1.807, 2.05) is 30.3 Å². The van der Waals surface area contributed by atoms with Gasteiger partial charge in [0.05, 0.1) is 10.5 Å². The van der Waals surface area contributed by atoms with Crippen LogP contribution in [0.5, 0.6) is 0 Å². The van der Waals surface area contributed by atoms with Crippen LogP contribution in [0.1, 0.15) is 50.6 Å². The van der Waals surface area contributed by atoms with Crippen LogP contribution in [0.15, 0.2) is 41.3 Å². The molecule has 0 saturated heterocycles. The van der Waals surface area contributed by atoms with E-state index in [0.717, 1.165) is 5.69 Å². The number of fused-ring (bicyclic) bond motifs is 1. The Morgan fingerprint density at radius 2 is 1.90 bits per heavy atom. The van der Waals surface area contributed by atoms with Gasteiger partial charge in [0.25, 0.3) is 5.91 Å². The molecule has 2 amide bonds. The number of carbonyl (C=O) groups excluding carboxylic acids is 4. The SMILES string of the molecule is CNC(=O)c1[nH]nc2c1C(=O)C(SCCCCC(=O)Nc1ccccc1)=CC2=O. The van der Waals surface area contributed by atoms with Crippen molar-refractivity contribution in [2.45, 2.75) is 19.3 Å². The van der Waals surface area contributed by atoms with Crippen LogP contribution >= 0.6 is 11.8 Å². The van der Waals surface area contributed by atoms with Gasteiger partial charge in [0.1, 0.15) is 11.4 Å². The molecule has 1 aromatic heterocycles. The largest absolute Gasteiger partial charge is 0.354 e. The van der Waals surface area contributed by atoms with E-state index in [1.54, 1.807) is 0 Å². The van der Waals surface area contributed by atoms with Crippen molar-refractivity contribution in [3.8, 4) is 0 Å². The number of ketones is 2.